The quantitative estimate of drug-likeness (QED) is 0.581. The molecule has 0 aromatic rings. The smallest absolute Gasteiger partial charge is 0.0992 e. The van der Waals surface area contributed by atoms with Crippen molar-refractivity contribution in [2.45, 2.75) is 34.1 Å². The summed E-state index contributed by atoms with van der Waals surface area (Å²) in [4.78, 5) is 0. The topological polar surface area (TPSA) is 9.23 Å². The third-order valence-corrected chi connectivity index (χ3v) is 3.05. The summed E-state index contributed by atoms with van der Waals surface area (Å²) in [6, 6.07) is 0. The van der Waals surface area contributed by atoms with E-state index in [1.165, 1.54) is 16.7 Å². The molecule has 1 aliphatic carbocycles. The maximum Gasteiger partial charge on any atom is 0.0992 e. The van der Waals surface area contributed by atoms with E-state index in [0.717, 1.165) is 12.2 Å². The lowest BCUT2D eigenvalue weighted by atomic mass is 9.85. The first-order chi connectivity index (χ1) is 5.57. The van der Waals surface area contributed by atoms with Crippen molar-refractivity contribution in [3.05, 3.63) is 22.5 Å². The van der Waals surface area contributed by atoms with Crippen molar-refractivity contribution in [3.8, 4) is 0 Å². The number of hydrogen-bond acceptors (Lipinski definition) is 1. The zero-order valence-corrected chi connectivity index (χ0v) is 8.69. The van der Waals surface area contributed by atoms with Crippen molar-refractivity contribution in [2.24, 2.45) is 5.92 Å². The van der Waals surface area contributed by atoms with Gasteiger partial charge in [0.25, 0.3) is 0 Å². The monoisotopic (exact) mass is 166 g/mol. The van der Waals surface area contributed by atoms with E-state index in [9.17, 15) is 0 Å². The molecule has 0 heterocycles. The molecule has 1 rings (SSSR count). The van der Waals surface area contributed by atoms with E-state index in [1.54, 1.807) is 7.11 Å². The van der Waals surface area contributed by atoms with Crippen LogP contribution in [0.4, 0.5) is 0 Å². The zero-order valence-electron chi connectivity index (χ0n) is 8.69. The molecular formula is C11H18O. The van der Waals surface area contributed by atoms with Gasteiger partial charge >= 0.3 is 0 Å². The molecule has 0 spiro atoms. The highest BCUT2D eigenvalue weighted by atomic mass is 16.5. The van der Waals surface area contributed by atoms with Gasteiger partial charge in [-0.15, -0.1) is 0 Å². The van der Waals surface area contributed by atoms with Crippen LogP contribution in [-0.2, 0) is 4.74 Å². The second-order valence-corrected chi connectivity index (χ2v) is 3.67. The van der Waals surface area contributed by atoms with E-state index >= 15 is 0 Å². The zero-order chi connectivity index (χ0) is 9.30. The van der Waals surface area contributed by atoms with Crippen LogP contribution >= 0.6 is 0 Å². The fraction of sp³-hybridized carbons (Fsp3) is 0.636. The first-order valence-corrected chi connectivity index (χ1v) is 4.49. The molecule has 0 aromatic heterocycles. The molecule has 0 saturated carbocycles. The average Bonchev–Trinajstić information content (AvgIpc) is 2.08. The van der Waals surface area contributed by atoms with Crippen molar-refractivity contribution in [3.63, 3.8) is 0 Å². The predicted octanol–water partition coefficient (Wildman–Crippen LogP) is 3.28. The largest absolute Gasteiger partial charge is 0.501 e. The second kappa shape index (κ2) is 3.34. The van der Waals surface area contributed by atoms with Crippen LogP contribution in [0.15, 0.2) is 22.5 Å². The molecule has 0 bridgehead atoms. The summed E-state index contributed by atoms with van der Waals surface area (Å²) in [7, 11) is 1.76. The molecule has 12 heavy (non-hydrogen) atoms. The maximum atomic E-state index is 5.34. The van der Waals surface area contributed by atoms with Gasteiger partial charge in [-0.3, -0.25) is 0 Å². The number of rotatable bonds is 1. The lowest BCUT2D eigenvalue weighted by Crippen LogP contribution is -2.10. The lowest BCUT2D eigenvalue weighted by Gasteiger charge is -2.25. The molecule has 0 saturated heterocycles. The van der Waals surface area contributed by atoms with E-state index in [1.807, 2.05) is 0 Å². The summed E-state index contributed by atoms with van der Waals surface area (Å²) in [6.45, 7) is 8.79. The molecule has 0 fully saturated rings. The van der Waals surface area contributed by atoms with Crippen molar-refractivity contribution in [2.75, 3.05) is 7.11 Å². The number of ether oxygens (including phenoxy) is 1. The van der Waals surface area contributed by atoms with Gasteiger partial charge in [0.15, 0.2) is 0 Å². The van der Waals surface area contributed by atoms with Crippen LogP contribution in [0.1, 0.15) is 34.1 Å². The van der Waals surface area contributed by atoms with E-state index in [2.05, 4.69) is 27.7 Å². The minimum absolute atomic E-state index is 0.642. The number of hydrogen-bond donors (Lipinski definition) is 0. The first kappa shape index (κ1) is 9.37. The van der Waals surface area contributed by atoms with E-state index < -0.39 is 0 Å². The van der Waals surface area contributed by atoms with Crippen LogP contribution in [-0.4, -0.2) is 7.11 Å². The molecule has 1 heteroatoms. The van der Waals surface area contributed by atoms with Gasteiger partial charge in [-0.05, 0) is 37.8 Å². The summed E-state index contributed by atoms with van der Waals surface area (Å²) < 4.78 is 5.34. The Morgan fingerprint density at radius 1 is 1.17 bits per heavy atom. The summed E-state index contributed by atoms with van der Waals surface area (Å²) >= 11 is 0. The Morgan fingerprint density at radius 3 is 2.25 bits per heavy atom. The highest BCUT2D eigenvalue weighted by Gasteiger charge is 2.19. The van der Waals surface area contributed by atoms with Crippen LogP contribution in [0.3, 0.4) is 0 Å². The fourth-order valence-electron chi connectivity index (χ4n) is 1.70. The van der Waals surface area contributed by atoms with Gasteiger partial charge in [0, 0.05) is 6.42 Å². The Morgan fingerprint density at radius 2 is 1.75 bits per heavy atom. The molecule has 0 aliphatic heterocycles. The van der Waals surface area contributed by atoms with Gasteiger partial charge in [-0.25, -0.2) is 0 Å². The van der Waals surface area contributed by atoms with Crippen LogP contribution in [0, 0.1) is 5.92 Å². The standard InChI is InChI=1S/C11H18O/c1-7-6-11(12-5)10(4)9(3)8(7)2/h7H,6H2,1-5H3. The Labute approximate surface area is 75.1 Å². The van der Waals surface area contributed by atoms with Gasteiger partial charge < -0.3 is 4.74 Å². The Kier molecular flexibility index (Phi) is 2.61. The Balaban J connectivity index is 3.06. The Bertz CT molecular complexity index is 244. The molecule has 1 aliphatic rings. The predicted molar refractivity (Wildman–Crippen MR) is 51.9 cm³/mol. The van der Waals surface area contributed by atoms with Gasteiger partial charge in [0.1, 0.15) is 0 Å². The van der Waals surface area contributed by atoms with Gasteiger partial charge in [0.05, 0.1) is 12.9 Å². The molecule has 0 radical (unpaired) electrons. The minimum atomic E-state index is 0.642. The normalized spacial score (nSPS) is 24.9. The highest BCUT2D eigenvalue weighted by Crippen LogP contribution is 2.33. The highest BCUT2D eigenvalue weighted by molar-refractivity contribution is 5.38. The molecular weight excluding hydrogens is 148 g/mol. The van der Waals surface area contributed by atoms with Crippen molar-refractivity contribution in [1.82, 2.24) is 0 Å². The molecule has 0 aromatic carbocycles. The van der Waals surface area contributed by atoms with Crippen molar-refractivity contribution < 1.29 is 4.74 Å². The molecule has 1 nitrogen and oxygen atoms in total. The average molecular weight is 166 g/mol. The number of allylic oxidation sites excluding steroid dienone is 4. The summed E-state index contributed by atoms with van der Waals surface area (Å²) in [5, 5.41) is 0. The van der Waals surface area contributed by atoms with E-state index in [4.69, 9.17) is 4.74 Å². The SMILES string of the molecule is COC1=C(C)C(C)=C(C)C(C)C1. The number of methoxy groups -OCH3 is 1. The van der Waals surface area contributed by atoms with Gasteiger partial charge in [0.2, 0.25) is 0 Å². The summed E-state index contributed by atoms with van der Waals surface area (Å²) in [5.74, 6) is 1.80. The van der Waals surface area contributed by atoms with Crippen LogP contribution in [0.2, 0.25) is 0 Å². The molecule has 0 N–H and O–H groups in total. The van der Waals surface area contributed by atoms with Crippen molar-refractivity contribution in [1.29, 1.82) is 0 Å². The van der Waals surface area contributed by atoms with E-state index in [0.29, 0.717) is 5.92 Å². The van der Waals surface area contributed by atoms with E-state index in [-0.39, 0.29) is 0 Å². The summed E-state index contributed by atoms with van der Waals surface area (Å²) in [6.07, 6.45) is 1.06. The second-order valence-electron chi connectivity index (χ2n) is 3.67. The summed E-state index contributed by atoms with van der Waals surface area (Å²) in [5.41, 5.74) is 4.24. The van der Waals surface area contributed by atoms with Crippen LogP contribution in [0.25, 0.3) is 0 Å². The fourth-order valence-corrected chi connectivity index (χ4v) is 1.70. The van der Waals surface area contributed by atoms with Gasteiger partial charge in [-0.1, -0.05) is 12.5 Å². The Hall–Kier alpha value is -0.720. The third-order valence-electron chi connectivity index (χ3n) is 3.05. The maximum absolute atomic E-state index is 5.34. The van der Waals surface area contributed by atoms with Crippen LogP contribution < -0.4 is 0 Å². The molecule has 0 amide bonds. The minimum Gasteiger partial charge on any atom is -0.501 e. The molecule has 1 unspecified atom stereocenters. The lowest BCUT2D eigenvalue weighted by molar-refractivity contribution is 0.260. The third kappa shape index (κ3) is 1.40. The van der Waals surface area contributed by atoms with Crippen LogP contribution in [0.5, 0.6) is 0 Å². The molecule has 68 valence electrons. The van der Waals surface area contributed by atoms with Gasteiger partial charge in [-0.2, -0.15) is 0 Å². The first-order valence-electron chi connectivity index (χ1n) is 4.49. The molecule has 1 atom stereocenters. The van der Waals surface area contributed by atoms with Crippen molar-refractivity contribution >= 4 is 0 Å².